The zero-order chi connectivity index (χ0) is 13.9. The normalized spacial score (nSPS) is 15.3. The summed E-state index contributed by atoms with van der Waals surface area (Å²) in [7, 11) is 0. The maximum Gasteiger partial charge on any atom is 0.311 e. The van der Waals surface area contributed by atoms with E-state index in [1.165, 1.54) is 0 Å². The van der Waals surface area contributed by atoms with E-state index < -0.39 is 0 Å². The Bertz CT molecular complexity index is 623. The zero-order valence-corrected chi connectivity index (χ0v) is 11.3. The fourth-order valence-electron chi connectivity index (χ4n) is 1.95. The molecule has 104 valence electrons. The van der Waals surface area contributed by atoms with Crippen LogP contribution in [-0.2, 0) is 4.74 Å². The predicted octanol–water partition coefficient (Wildman–Crippen LogP) is 1.86. The van der Waals surface area contributed by atoms with Gasteiger partial charge in [-0.1, -0.05) is 23.7 Å². The van der Waals surface area contributed by atoms with E-state index in [1.807, 2.05) is 12.1 Å². The number of morpholine rings is 1. The Morgan fingerprint density at radius 1 is 1.20 bits per heavy atom. The minimum absolute atomic E-state index is 0.0261. The summed E-state index contributed by atoms with van der Waals surface area (Å²) in [6.07, 6.45) is 0. The molecule has 2 heterocycles. The lowest BCUT2D eigenvalue weighted by Crippen LogP contribution is -2.40. The van der Waals surface area contributed by atoms with Crippen LogP contribution in [0.4, 0.5) is 0 Å². The monoisotopic (exact) mass is 293 g/mol. The molecule has 1 aliphatic rings. The number of halogens is 1. The predicted molar refractivity (Wildman–Crippen MR) is 71.5 cm³/mol. The summed E-state index contributed by atoms with van der Waals surface area (Å²) in [5, 5.41) is 8.19. The van der Waals surface area contributed by atoms with Gasteiger partial charge in [0.2, 0.25) is 5.89 Å². The van der Waals surface area contributed by atoms with Crippen LogP contribution < -0.4 is 0 Å². The molecule has 3 rings (SSSR count). The van der Waals surface area contributed by atoms with E-state index >= 15 is 0 Å². The van der Waals surface area contributed by atoms with Crippen molar-refractivity contribution >= 4 is 17.5 Å². The van der Waals surface area contributed by atoms with Crippen LogP contribution in [0.25, 0.3) is 11.5 Å². The third-order valence-corrected chi connectivity index (χ3v) is 3.34. The molecule has 0 atom stereocenters. The van der Waals surface area contributed by atoms with Crippen molar-refractivity contribution in [3.05, 3.63) is 35.2 Å². The number of nitrogens with zero attached hydrogens (tertiary/aromatic N) is 3. The number of rotatable bonds is 2. The lowest BCUT2D eigenvalue weighted by Gasteiger charge is -2.25. The molecule has 0 radical (unpaired) electrons. The van der Waals surface area contributed by atoms with Crippen LogP contribution in [0.3, 0.4) is 0 Å². The van der Waals surface area contributed by atoms with E-state index in [-0.39, 0.29) is 17.7 Å². The summed E-state index contributed by atoms with van der Waals surface area (Å²) in [6, 6.07) is 7.11. The number of aromatic nitrogens is 2. The van der Waals surface area contributed by atoms with Crippen molar-refractivity contribution in [1.29, 1.82) is 0 Å². The SMILES string of the molecule is O=C(c1nnc(-c2ccccc2Cl)o1)N1CCOCC1. The van der Waals surface area contributed by atoms with Crippen LogP contribution >= 0.6 is 11.6 Å². The van der Waals surface area contributed by atoms with Crippen molar-refractivity contribution in [1.82, 2.24) is 15.1 Å². The lowest BCUT2D eigenvalue weighted by molar-refractivity contribution is 0.0278. The summed E-state index contributed by atoms with van der Waals surface area (Å²) in [4.78, 5) is 13.8. The molecule has 0 N–H and O–H groups in total. The van der Waals surface area contributed by atoms with Crippen LogP contribution in [0, 0.1) is 0 Å². The second kappa shape index (κ2) is 5.60. The van der Waals surface area contributed by atoms with Crippen molar-refractivity contribution < 1.29 is 13.9 Å². The summed E-state index contributed by atoms with van der Waals surface area (Å²) in [6.45, 7) is 2.11. The second-order valence-electron chi connectivity index (χ2n) is 4.30. The summed E-state index contributed by atoms with van der Waals surface area (Å²) in [5.41, 5.74) is 0.614. The first-order valence-electron chi connectivity index (χ1n) is 6.21. The maximum absolute atomic E-state index is 12.2. The molecule has 1 aliphatic heterocycles. The van der Waals surface area contributed by atoms with Gasteiger partial charge in [-0.25, -0.2) is 0 Å². The zero-order valence-electron chi connectivity index (χ0n) is 10.6. The van der Waals surface area contributed by atoms with Crippen LogP contribution in [0.2, 0.25) is 5.02 Å². The molecular weight excluding hydrogens is 282 g/mol. The van der Waals surface area contributed by atoms with Gasteiger partial charge in [0.05, 0.1) is 23.8 Å². The Kier molecular flexibility index (Phi) is 3.66. The van der Waals surface area contributed by atoms with Gasteiger partial charge in [-0.05, 0) is 12.1 Å². The first kappa shape index (κ1) is 13.1. The number of amides is 1. The quantitative estimate of drug-likeness (QED) is 0.845. The highest BCUT2D eigenvalue weighted by molar-refractivity contribution is 6.33. The fourth-order valence-corrected chi connectivity index (χ4v) is 2.17. The Balaban J connectivity index is 1.83. The minimum Gasteiger partial charge on any atom is -0.412 e. The van der Waals surface area contributed by atoms with Gasteiger partial charge in [0, 0.05) is 13.1 Å². The molecule has 0 saturated carbocycles. The smallest absolute Gasteiger partial charge is 0.311 e. The number of ether oxygens (including phenoxy) is 1. The van der Waals surface area contributed by atoms with E-state index in [0.717, 1.165) is 0 Å². The van der Waals surface area contributed by atoms with E-state index in [1.54, 1.807) is 17.0 Å². The molecule has 20 heavy (non-hydrogen) atoms. The molecule has 1 saturated heterocycles. The van der Waals surface area contributed by atoms with E-state index in [2.05, 4.69) is 10.2 Å². The molecule has 2 aromatic rings. The van der Waals surface area contributed by atoms with E-state index in [9.17, 15) is 4.79 Å². The highest BCUT2D eigenvalue weighted by Crippen LogP contribution is 2.26. The summed E-state index contributed by atoms with van der Waals surface area (Å²) >= 11 is 6.06. The van der Waals surface area contributed by atoms with Crippen molar-refractivity contribution in [3.63, 3.8) is 0 Å². The number of carbonyl (C=O) groups is 1. The van der Waals surface area contributed by atoms with Gasteiger partial charge in [-0.15, -0.1) is 10.2 Å². The average Bonchev–Trinajstić information content (AvgIpc) is 2.97. The molecule has 1 fully saturated rings. The number of hydrogen-bond donors (Lipinski definition) is 0. The van der Waals surface area contributed by atoms with Crippen molar-refractivity contribution in [3.8, 4) is 11.5 Å². The van der Waals surface area contributed by atoms with Crippen LogP contribution in [-0.4, -0.2) is 47.3 Å². The first-order chi connectivity index (χ1) is 9.75. The highest BCUT2D eigenvalue weighted by atomic mass is 35.5. The molecular formula is C13H12ClN3O3. The average molecular weight is 294 g/mol. The van der Waals surface area contributed by atoms with Crippen LogP contribution in [0.15, 0.2) is 28.7 Å². The third-order valence-electron chi connectivity index (χ3n) is 3.01. The van der Waals surface area contributed by atoms with Gasteiger partial charge >= 0.3 is 11.8 Å². The van der Waals surface area contributed by atoms with Crippen molar-refractivity contribution in [2.45, 2.75) is 0 Å². The molecule has 6 nitrogen and oxygen atoms in total. The Morgan fingerprint density at radius 2 is 1.95 bits per heavy atom. The fraction of sp³-hybridized carbons (Fsp3) is 0.308. The molecule has 0 unspecified atom stereocenters. The van der Waals surface area contributed by atoms with E-state index in [4.69, 9.17) is 20.8 Å². The summed E-state index contributed by atoms with van der Waals surface area (Å²) < 4.78 is 10.6. The van der Waals surface area contributed by atoms with Crippen LogP contribution in [0.1, 0.15) is 10.7 Å². The van der Waals surface area contributed by atoms with Gasteiger partial charge in [0.15, 0.2) is 0 Å². The third kappa shape index (κ3) is 2.52. The molecule has 1 amide bonds. The lowest BCUT2D eigenvalue weighted by atomic mass is 10.2. The van der Waals surface area contributed by atoms with E-state index in [0.29, 0.717) is 36.9 Å². The topological polar surface area (TPSA) is 68.5 Å². The molecule has 0 bridgehead atoms. The standard InChI is InChI=1S/C13H12ClN3O3/c14-10-4-2-1-3-9(10)11-15-16-12(20-11)13(18)17-5-7-19-8-6-17/h1-4H,5-8H2. The van der Waals surface area contributed by atoms with Crippen molar-refractivity contribution in [2.24, 2.45) is 0 Å². The molecule has 1 aromatic heterocycles. The maximum atomic E-state index is 12.2. The van der Waals surface area contributed by atoms with Gasteiger partial charge < -0.3 is 14.1 Å². The summed E-state index contributed by atoms with van der Waals surface area (Å²) in [5.74, 6) is -0.0619. The van der Waals surface area contributed by atoms with Crippen molar-refractivity contribution in [2.75, 3.05) is 26.3 Å². The van der Waals surface area contributed by atoms with Crippen LogP contribution in [0.5, 0.6) is 0 Å². The number of benzene rings is 1. The molecule has 7 heteroatoms. The molecule has 0 aliphatic carbocycles. The number of carbonyl (C=O) groups excluding carboxylic acids is 1. The largest absolute Gasteiger partial charge is 0.412 e. The Hall–Kier alpha value is -1.92. The minimum atomic E-state index is -0.279. The van der Waals surface area contributed by atoms with Gasteiger partial charge in [0.1, 0.15) is 0 Å². The van der Waals surface area contributed by atoms with Gasteiger partial charge in [0.25, 0.3) is 0 Å². The highest BCUT2D eigenvalue weighted by Gasteiger charge is 2.24. The van der Waals surface area contributed by atoms with Gasteiger partial charge in [-0.2, -0.15) is 0 Å². The second-order valence-corrected chi connectivity index (χ2v) is 4.70. The van der Waals surface area contributed by atoms with Gasteiger partial charge in [-0.3, -0.25) is 4.79 Å². The Labute approximate surface area is 120 Å². The number of hydrogen-bond acceptors (Lipinski definition) is 5. The molecule has 1 aromatic carbocycles. The Morgan fingerprint density at radius 3 is 2.70 bits per heavy atom. The molecule has 0 spiro atoms. The first-order valence-corrected chi connectivity index (χ1v) is 6.59.